The van der Waals surface area contributed by atoms with Gasteiger partial charge in [0.2, 0.25) is 0 Å². The van der Waals surface area contributed by atoms with E-state index in [1.54, 1.807) is 7.11 Å². The second-order valence-corrected chi connectivity index (χ2v) is 4.31. The molecule has 0 saturated carbocycles. The Kier molecular flexibility index (Phi) is 8.71. The maximum Gasteiger partial charge on any atom is 0.0700 e. The molecule has 0 bridgehead atoms. The fraction of sp³-hybridized carbons (Fsp3) is 1.00. The number of rotatable bonds is 9. The summed E-state index contributed by atoms with van der Waals surface area (Å²) in [5.41, 5.74) is 0. The lowest BCUT2D eigenvalue weighted by Gasteiger charge is -2.23. The van der Waals surface area contributed by atoms with E-state index in [1.807, 2.05) is 0 Å². The zero-order chi connectivity index (χ0) is 11.5. The molecule has 0 amide bonds. The smallest absolute Gasteiger partial charge is 0.0700 e. The summed E-state index contributed by atoms with van der Waals surface area (Å²) >= 11 is 0. The first-order valence-corrected chi connectivity index (χ1v) is 6.44. The van der Waals surface area contributed by atoms with Gasteiger partial charge in [0.05, 0.1) is 13.2 Å². The monoisotopic (exact) mass is 230 g/mol. The number of ether oxygens (including phenoxy) is 2. The zero-order valence-corrected chi connectivity index (χ0v) is 10.5. The van der Waals surface area contributed by atoms with Crippen molar-refractivity contribution in [3.8, 4) is 0 Å². The van der Waals surface area contributed by atoms with Gasteiger partial charge in [-0.3, -0.25) is 0 Å². The Balaban J connectivity index is 1.77. The van der Waals surface area contributed by atoms with E-state index in [4.69, 9.17) is 9.47 Å². The first kappa shape index (κ1) is 13.9. The number of hydrogen-bond acceptors (Lipinski definition) is 4. The van der Waals surface area contributed by atoms with Crippen molar-refractivity contribution in [3.05, 3.63) is 0 Å². The second kappa shape index (κ2) is 10.0. The molecule has 1 rings (SSSR count). The van der Waals surface area contributed by atoms with Crippen LogP contribution in [-0.4, -0.2) is 52.6 Å². The molecule has 1 unspecified atom stereocenters. The van der Waals surface area contributed by atoms with Gasteiger partial charge < -0.3 is 20.1 Å². The molecular formula is C12H26N2O2. The summed E-state index contributed by atoms with van der Waals surface area (Å²) in [5.74, 6) is 0. The molecule has 0 aromatic carbocycles. The number of nitrogens with one attached hydrogen (secondary N) is 2. The van der Waals surface area contributed by atoms with Crippen LogP contribution in [0, 0.1) is 0 Å². The number of methoxy groups -OCH3 is 1. The van der Waals surface area contributed by atoms with E-state index in [-0.39, 0.29) is 0 Å². The van der Waals surface area contributed by atoms with Crippen LogP contribution >= 0.6 is 0 Å². The van der Waals surface area contributed by atoms with E-state index in [9.17, 15) is 0 Å². The molecule has 16 heavy (non-hydrogen) atoms. The van der Waals surface area contributed by atoms with Crippen LogP contribution in [0.1, 0.15) is 25.7 Å². The summed E-state index contributed by atoms with van der Waals surface area (Å²) in [6, 6.07) is 0.683. The molecule has 2 N–H and O–H groups in total. The van der Waals surface area contributed by atoms with Crippen molar-refractivity contribution in [3.63, 3.8) is 0 Å². The Morgan fingerprint density at radius 1 is 1.25 bits per heavy atom. The van der Waals surface area contributed by atoms with Gasteiger partial charge in [-0.15, -0.1) is 0 Å². The van der Waals surface area contributed by atoms with Crippen LogP contribution in [0.5, 0.6) is 0 Å². The minimum absolute atomic E-state index is 0.683. The highest BCUT2D eigenvalue weighted by atomic mass is 16.5. The van der Waals surface area contributed by atoms with E-state index in [0.29, 0.717) is 19.3 Å². The zero-order valence-electron chi connectivity index (χ0n) is 10.5. The third-order valence-corrected chi connectivity index (χ3v) is 2.88. The predicted octanol–water partition coefficient (Wildman–Crippen LogP) is 0.771. The lowest BCUT2D eigenvalue weighted by atomic mass is 10.1. The summed E-state index contributed by atoms with van der Waals surface area (Å²) in [6.07, 6.45) is 5.11. The van der Waals surface area contributed by atoms with Crippen LogP contribution in [-0.2, 0) is 9.47 Å². The Morgan fingerprint density at radius 2 is 2.19 bits per heavy atom. The molecule has 0 aromatic heterocycles. The third-order valence-electron chi connectivity index (χ3n) is 2.88. The van der Waals surface area contributed by atoms with Crippen molar-refractivity contribution in [1.82, 2.24) is 10.6 Å². The fourth-order valence-corrected chi connectivity index (χ4v) is 1.92. The maximum atomic E-state index is 5.39. The van der Waals surface area contributed by atoms with Crippen LogP contribution in [0.15, 0.2) is 0 Å². The van der Waals surface area contributed by atoms with Gasteiger partial charge in [-0.05, 0) is 32.4 Å². The largest absolute Gasteiger partial charge is 0.382 e. The van der Waals surface area contributed by atoms with Crippen LogP contribution < -0.4 is 10.6 Å². The van der Waals surface area contributed by atoms with Crippen molar-refractivity contribution in [2.24, 2.45) is 0 Å². The first-order valence-electron chi connectivity index (χ1n) is 6.44. The Bertz CT molecular complexity index is 150. The average molecular weight is 230 g/mol. The van der Waals surface area contributed by atoms with Crippen LogP contribution in [0.2, 0.25) is 0 Å². The number of hydrogen-bond donors (Lipinski definition) is 2. The van der Waals surface area contributed by atoms with Crippen molar-refractivity contribution < 1.29 is 9.47 Å². The van der Waals surface area contributed by atoms with E-state index in [1.165, 1.54) is 25.8 Å². The Morgan fingerprint density at radius 3 is 2.94 bits per heavy atom. The molecule has 0 spiro atoms. The lowest BCUT2D eigenvalue weighted by molar-refractivity contribution is 0.0694. The van der Waals surface area contributed by atoms with Gasteiger partial charge in [0.15, 0.2) is 0 Å². The molecule has 1 heterocycles. The highest BCUT2D eigenvalue weighted by Gasteiger charge is 2.10. The third kappa shape index (κ3) is 7.17. The second-order valence-electron chi connectivity index (χ2n) is 4.31. The topological polar surface area (TPSA) is 42.5 Å². The molecule has 0 aromatic rings. The Hall–Kier alpha value is -0.160. The van der Waals surface area contributed by atoms with Crippen LogP contribution in [0.4, 0.5) is 0 Å². The normalized spacial score (nSPS) is 21.2. The molecule has 1 saturated heterocycles. The molecule has 96 valence electrons. The lowest BCUT2D eigenvalue weighted by Crippen LogP contribution is -2.42. The minimum Gasteiger partial charge on any atom is -0.382 e. The SMILES string of the molecule is COCCOCCCNCC1CCCCN1. The van der Waals surface area contributed by atoms with E-state index in [0.717, 1.165) is 26.1 Å². The van der Waals surface area contributed by atoms with Crippen LogP contribution in [0.3, 0.4) is 0 Å². The van der Waals surface area contributed by atoms with Crippen molar-refractivity contribution >= 4 is 0 Å². The molecule has 4 heteroatoms. The minimum atomic E-state index is 0.683. The van der Waals surface area contributed by atoms with Gasteiger partial charge in [-0.25, -0.2) is 0 Å². The maximum absolute atomic E-state index is 5.39. The average Bonchev–Trinajstić information content (AvgIpc) is 2.34. The highest BCUT2D eigenvalue weighted by Crippen LogP contribution is 2.05. The van der Waals surface area contributed by atoms with Crippen LogP contribution in [0.25, 0.3) is 0 Å². The number of piperidine rings is 1. The molecule has 1 fully saturated rings. The van der Waals surface area contributed by atoms with Crippen molar-refractivity contribution in [2.45, 2.75) is 31.7 Å². The van der Waals surface area contributed by atoms with Gasteiger partial charge in [-0.1, -0.05) is 6.42 Å². The van der Waals surface area contributed by atoms with E-state index in [2.05, 4.69) is 10.6 Å². The van der Waals surface area contributed by atoms with Gasteiger partial charge >= 0.3 is 0 Å². The summed E-state index contributed by atoms with van der Waals surface area (Å²) in [6.45, 7) is 5.56. The van der Waals surface area contributed by atoms with Crippen molar-refractivity contribution in [2.75, 3.05) is 46.6 Å². The fourth-order valence-electron chi connectivity index (χ4n) is 1.92. The van der Waals surface area contributed by atoms with Crippen molar-refractivity contribution in [1.29, 1.82) is 0 Å². The molecule has 0 radical (unpaired) electrons. The molecule has 1 atom stereocenters. The molecule has 4 nitrogen and oxygen atoms in total. The first-order chi connectivity index (χ1) is 7.93. The van der Waals surface area contributed by atoms with Gasteiger partial charge in [-0.2, -0.15) is 0 Å². The van der Waals surface area contributed by atoms with E-state index < -0.39 is 0 Å². The summed E-state index contributed by atoms with van der Waals surface area (Å²) in [4.78, 5) is 0. The van der Waals surface area contributed by atoms with Gasteiger partial charge in [0.1, 0.15) is 0 Å². The molecular weight excluding hydrogens is 204 g/mol. The molecule has 1 aliphatic heterocycles. The van der Waals surface area contributed by atoms with E-state index >= 15 is 0 Å². The Labute approximate surface area is 99.1 Å². The molecule has 1 aliphatic rings. The molecule has 0 aliphatic carbocycles. The summed E-state index contributed by atoms with van der Waals surface area (Å²) in [7, 11) is 1.70. The summed E-state index contributed by atoms with van der Waals surface area (Å²) in [5, 5.41) is 7.00. The standard InChI is InChI=1S/C12H26N2O2/c1-15-9-10-16-8-4-6-13-11-12-5-2-3-7-14-12/h12-14H,2-11H2,1H3. The summed E-state index contributed by atoms with van der Waals surface area (Å²) < 4.78 is 10.3. The highest BCUT2D eigenvalue weighted by molar-refractivity contribution is 4.73. The quantitative estimate of drug-likeness (QED) is 0.574. The predicted molar refractivity (Wildman–Crippen MR) is 65.8 cm³/mol. The van der Waals surface area contributed by atoms with Gasteiger partial charge in [0, 0.05) is 26.3 Å². The van der Waals surface area contributed by atoms with Gasteiger partial charge in [0.25, 0.3) is 0 Å².